The smallest absolute Gasteiger partial charge is 0.307 e. The van der Waals surface area contributed by atoms with E-state index in [1.807, 2.05) is 97.9 Å². The van der Waals surface area contributed by atoms with E-state index in [1.165, 1.54) is 5.56 Å². The Hall–Kier alpha value is -3.66. The molecule has 0 atom stereocenters. The van der Waals surface area contributed by atoms with E-state index in [0.29, 0.717) is 11.5 Å². The number of aromatic nitrogens is 1. The predicted molar refractivity (Wildman–Crippen MR) is 116 cm³/mol. The van der Waals surface area contributed by atoms with Crippen LogP contribution in [0.25, 0.3) is 11.3 Å². The fraction of sp³-hybridized carbons (Fsp3) is 0.154. The van der Waals surface area contributed by atoms with Gasteiger partial charge in [0, 0.05) is 17.5 Å². The first-order valence-electron chi connectivity index (χ1n) is 9.97. The van der Waals surface area contributed by atoms with Crippen molar-refractivity contribution in [3.05, 3.63) is 113 Å². The van der Waals surface area contributed by atoms with Gasteiger partial charge in [-0.15, -0.1) is 0 Å². The molecule has 0 aliphatic heterocycles. The highest BCUT2D eigenvalue weighted by atomic mass is 16.5. The van der Waals surface area contributed by atoms with E-state index in [0.717, 1.165) is 16.7 Å². The molecule has 0 unspecified atom stereocenters. The zero-order valence-electron chi connectivity index (χ0n) is 16.8. The van der Waals surface area contributed by atoms with Crippen LogP contribution in [-0.4, -0.2) is 11.1 Å². The summed E-state index contributed by atoms with van der Waals surface area (Å²) in [6.07, 6.45) is 0.261. The Labute approximate surface area is 176 Å². The molecule has 1 heterocycles. The number of aryl methyl sites for hydroxylation is 1. The van der Waals surface area contributed by atoms with Gasteiger partial charge in [-0.1, -0.05) is 95.6 Å². The maximum atomic E-state index is 12.6. The highest BCUT2D eigenvalue weighted by Crippen LogP contribution is 2.28. The monoisotopic (exact) mass is 397 g/mol. The number of nitrogens with zero attached hydrogens (tertiary/aromatic N) is 1. The summed E-state index contributed by atoms with van der Waals surface area (Å²) in [4.78, 5) is 12.6. The average Bonchev–Trinajstić information content (AvgIpc) is 3.27. The van der Waals surface area contributed by atoms with Crippen LogP contribution in [0.3, 0.4) is 0 Å². The number of carbonyl (C=O) groups is 1. The Bertz CT molecular complexity index is 1050. The van der Waals surface area contributed by atoms with E-state index in [4.69, 9.17) is 9.26 Å². The Balaban J connectivity index is 1.41. The van der Waals surface area contributed by atoms with Crippen molar-refractivity contribution >= 4 is 5.97 Å². The SMILES string of the molecule is Cc1ccc(-c2cc(COC(=O)CC(c3ccccc3)c3ccccc3)no2)cc1. The molecule has 4 nitrogen and oxygen atoms in total. The standard InChI is InChI=1S/C26H23NO3/c1-19-12-14-22(15-13-19)25-16-23(27-30-25)18-29-26(28)17-24(20-8-4-2-5-9-20)21-10-6-3-7-11-21/h2-16,24H,17-18H2,1H3. The minimum absolute atomic E-state index is 0.0553. The Morgan fingerprint density at radius 3 is 2.10 bits per heavy atom. The van der Waals surface area contributed by atoms with Crippen molar-refractivity contribution in [3.8, 4) is 11.3 Å². The minimum atomic E-state index is -0.271. The number of hydrogen-bond donors (Lipinski definition) is 0. The van der Waals surface area contributed by atoms with Gasteiger partial charge < -0.3 is 9.26 Å². The number of hydrogen-bond acceptors (Lipinski definition) is 4. The highest BCUT2D eigenvalue weighted by Gasteiger charge is 2.19. The quantitative estimate of drug-likeness (QED) is 0.364. The second-order valence-corrected chi connectivity index (χ2v) is 7.29. The van der Waals surface area contributed by atoms with E-state index in [-0.39, 0.29) is 24.9 Å². The normalized spacial score (nSPS) is 10.9. The molecule has 0 N–H and O–H groups in total. The van der Waals surface area contributed by atoms with Crippen LogP contribution < -0.4 is 0 Å². The molecular weight excluding hydrogens is 374 g/mol. The van der Waals surface area contributed by atoms with Gasteiger partial charge in [-0.25, -0.2) is 0 Å². The topological polar surface area (TPSA) is 52.3 Å². The third-order valence-electron chi connectivity index (χ3n) is 5.05. The summed E-state index contributed by atoms with van der Waals surface area (Å²) in [6, 6.07) is 29.8. The van der Waals surface area contributed by atoms with Crippen LogP contribution in [-0.2, 0) is 16.1 Å². The Morgan fingerprint density at radius 1 is 0.900 bits per heavy atom. The number of carbonyl (C=O) groups excluding carboxylic acids is 1. The van der Waals surface area contributed by atoms with Gasteiger partial charge in [-0.3, -0.25) is 4.79 Å². The molecule has 1 aromatic heterocycles. The molecule has 4 aromatic rings. The molecule has 3 aromatic carbocycles. The molecule has 150 valence electrons. The molecule has 4 heteroatoms. The Kier molecular flexibility index (Phi) is 6.04. The number of esters is 1. The molecule has 0 spiro atoms. The summed E-state index contributed by atoms with van der Waals surface area (Å²) in [5.41, 5.74) is 4.89. The summed E-state index contributed by atoms with van der Waals surface area (Å²) in [5, 5.41) is 4.03. The molecule has 0 amide bonds. The van der Waals surface area contributed by atoms with Crippen LogP contribution in [0, 0.1) is 6.92 Å². The lowest BCUT2D eigenvalue weighted by Crippen LogP contribution is -2.12. The largest absolute Gasteiger partial charge is 0.459 e. The summed E-state index contributed by atoms with van der Waals surface area (Å²) in [6.45, 7) is 2.12. The van der Waals surface area contributed by atoms with Gasteiger partial charge in [0.25, 0.3) is 0 Å². The maximum Gasteiger partial charge on any atom is 0.307 e. The lowest BCUT2D eigenvalue weighted by molar-refractivity contribution is -0.145. The molecular formula is C26H23NO3. The van der Waals surface area contributed by atoms with E-state index >= 15 is 0 Å². The van der Waals surface area contributed by atoms with Crippen molar-refractivity contribution in [2.75, 3.05) is 0 Å². The average molecular weight is 397 g/mol. The van der Waals surface area contributed by atoms with Crippen LogP contribution in [0.4, 0.5) is 0 Å². The van der Waals surface area contributed by atoms with Gasteiger partial charge in [0.2, 0.25) is 0 Å². The van der Waals surface area contributed by atoms with E-state index in [9.17, 15) is 4.79 Å². The predicted octanol–water partition coefficient (Wildman–Crippen LogP) is 5.92. The minimum Gasteiger partial charge on any atom is -0.459 e. The molecule has 0 bridgehead atoms. The highest BCUT2D eigenvalue weighted by molar-refractivity contribution is 5.71. The zero-order chi connectivity index (χ0) is 20.8. The molecule has 0 saturated heterocycles. The molecule has 0 aliphatic rings. The fourth-order valence-corrected chi connectivity index (χ4v) is 3.41. The molecule has 0 aliphatic carbocycles. The van der Waals surface area contributed by atoms with E-state index in [2.05, 4.69) is 5.16 Å². The first-order chi connectivity index (χ1) is 14.7. The maximum absolute atomic E-state index is 12.6. The number of rotatable bonds is 7. The summed E-state index contributed by atoms with van der Waals surface area (Å²) >= 11 is 0. The van der Waals surface area contributed by atoms with Gasteiger partial charge in [-0.05, 0) is 18.1 Å². The van der Waals surface area contributed by atoms with Crippen molar-refractivity contribution in [2.45, 2.75) is 25.9 Å². The van der Waals surface area contributed by atoms with Gasteiger partial charge in [0.1, 0.15) is 12.3 Å². The molecule has 0 fully saturated rings. The van der Waals surface area contributed by atoms with E-state index < -0.39 is 0 Å². The van der Waals surface area contributed by atoms with Crippen molar-refractivity contribution < 1.29 is 14.1 Å². The fourth-order valence-electron chi connectivity index (χ4n) is 3.41. The zero-order valence-corrected chi connectivity index (χ0v) is 16.8. The van der Waals surface area contributed by atoms with Crippen molar-refractivity contribution in [2.24, 2.45) is 0 Å². The van der Waals surface area contributed by atoms with Crippen molar-refractivity contribution in [1.29, 1.82) is 0 Å². The van der Waals surface area contributed by atoms with E-state index in [1.54, 1.807) is 0 Å². The van der Waals surface area contributed by atoms with Gasteiger partial charge in [0.05, 0.1) is 6.42 Å². The second kappa shape index (κ2) is 9.23. The second-order valence-electron chi connectivity index (χ2n) is 7.29. The molecule has 0 saturated carbocycles. The van der Waals surface area contributed by atoms with Crippen molar-refractivity contribution in [3.63, 3.8) is 0 Å². The lowest BCUT2D eigenvalue weighted by atomic mass is 9.89. The Morgan fingerprint density at radius 2 is 1.50 bits per heavy atom. The first-order valence-corrected chi connectivity index (χ1v) is 9.97. The van der Waals surface area contributed by atoms with Crippen LogP contribution in [0.5, 0.6) is 0 Å². The summed E-state index contributed by atoms with van der Waals surface area (Å²) in [7, 11) is 0. The van der Waals surface area contributed by atoms with Gasteiger partial charge in [-0.2, -0.15) is 0 Å². The number of benzene rings is 3. The van der Waals surface area contributed by atoms with Crippen LogP contribution in [0.1, 0.15) is 34.7 Å². The van der Waals surface area contributed by atoms with Crippen LogP contribution >= 0.6 is 0 Å². The van der Waals surface area contributed by atoms with Gasteiger partial charge in [0.15, 0.2) is 5.76 Å². The van der Waals surface area contributed by atoms with Crippen LogP contribution in [0.2, 0.25) is 0 Å². The van der Waals surface area contributed by atoms with Gasteiger partial charge >= 0.3 is 5.97 Å². The van der Waals surface area contributed by atoms with Crippen LogP contribution in [0.15, 0.2) is 95.5 Å². The summed E-state index contributed by atoms with van der Waals surface area (Å²) in [5.74, 6) is 0.334. The molecule has 30 heavy (non-hydrogen) atoms. The lowest BCUT2D eigenvalue weighted by Gasteiger charge is -2.17. The molecule has 4 rings (SSSR count). The first kappa shape index (κ1) is 19.6. The molecule has 0 radical (unpaired) electrons. The third-order valence-corrected chi connectivity index (χ3v) is 5.05. The number of ether oxygens (including phenoxy) is 1. The van der Waals surface area contributed by atoms with Crippen molar-refractivity contribution in [1.82, 2.24) is 5.16 Å². The third kappa shape index (κ3) is 4.84. The summed E-state index contributed by atoms with van der Waals surface area (Å²) < 4.78 is 10.9.